The number of rotatable bonds is 7. The molecule has 6 heteroatoms. The lowest BCUT2D eigenvalue weighted by atomic mass is 9.79. The van der Waals surface area contributed by atoms with Crippen molar-refractivity contribution in [1.29, 1.82) is 0 Å². The number of ether oxygens (including phenoxy) is 3. The van der Waals surface area contributed by atoms with Crippen LogP contribution in [-0.2, 0) is 16.1 Å². The van der Waals surface area contributed by atoms with Gasteiger partial charge in [-0.25, -0.2) is 4.79 Å². The average Bonchev–Trinajstić information content (AvgIpc) is 3.26. The number of hydrogen-bond acceptors (Lipinski definition) is 6. The van der Waals surface area contributed by atoms with Gasteiger partial charge in [0.05, 0.1) is 25.0 Å². The lowest BCUT2D eigenvalue weighted by molar-refractivity contribution is -0.136. The summed E-state index contributed by atoms with van der Waals surface area (Å²) in [4.78, 5) is 26.7. The molecule has 4 aromatic rings. The van der Waals surface area contributed by atoms with Crippen LogP contribution < -0.4 is 14.8 Å². The van der Waals surface area contributed by atoms with Gasteiger partial charge in [-0.05, 0) is 53.9 Å². The number of methoxy groups -OCH3 is 1. The second-order valence-electron chi connectivity index (χ2n) is 9.86. The van der Waals surface area contributed by atoms with Crippen molar-refractivity contribution in [3.8, 4) is 11.5 Å². The van der Waals surface area contributed by atoms with E-state index in [2.05, 4.69) is 35.6 Å². The number of carbonyl (C=O) groups excluding carboxylic acids is 2. The standard InChI is InChI=1S/C34H29NO5/c1-4-39-28-18-24(15-16-27(28)40-19-21-13-14-22-9-5-6-10-23(22)17-21)30-29(34(37)38-3)20(2)35-32-25-11-7-8-12-26(25)33(36)31(30)32/h5-18,30,35H,4,19H2,1-3H3/t30-/m0/s1. The van der Waals surface area contributed by atoms with E-state index in [4.69, 9.17) is 14.2 Å². The highest BCUT2D eigenvalue weighted by Crippen LogP contribution is 2.48. The maximum Gasteiger partial charge on any atom is 0.336 e. The summed E-state index contributed by atoms with van der Waals surface area (Å²) in [6.45, 7) is 4.54. The van der Waals surface area contributed by atoms with E-state index in [1.54, 1.807) is 0 Å². The summed E-state index contributed by atoms with van der Waals surface area (Å²) in [7, 11) is 1.35. The summed E-state index contributed by atoms with van der Waals surface area (Å²) >= 11 is 0. The third-order valence-electron chi connectivity index (χ3n) is 7.46. The zero-order valence-corrected chi connectivity index (χ0v) is 22.6. The molecule has 1 aliphatic carbocycles. The molecule has 0 saturated carbocycles. The highest BCUT2D eigenvalue weighted by molar-refractivity contribution is 6.23. The van der Waals surface area contributed by atoms with Gasteiger partial charge >= 0.3 is 5.97 Å². The second kappa shape index (κ2) is 10.4. The normalized spacial score (nSPS) is 16.0. The molecule has 4 aromatic carbocycles. The maximum atomic E-state index is 13.7. The highest BCUT2D eigenvalue weighted by Gasteiger charge is 2.43. The Morgan fingerprint density at radius 3 is 2.38 bits per heavy atom. The van der Waals surface area contributed by atoms with Crippen molar-refractivity contribution in [3.05, 3.63) is 124 Å². The summed E-state index contributed by atoms with van der Waals surface area (Å²) in [6, 6.07) is 27.6. The van der Waals surface area contributed by atoms with E-state index >= 15 is 0 Å². The Labute approximate surface area is 232 Å². The quantitative estimate of drug-likeness (QED) is 0.272. The zero-order valence-electron chi connectivity index (χ0n) is 22.6. The van der Waals surface area contributed by atoms with Crippen molar-refractivity contribution in [2.24, 2.45) is 0 Å². The molecule has 0 unspecified atom stereocenters. The first-order valence-electron chi connectivity index (χ1n) is 13.3. The first-order valence-corrected chi connectivity index (χ1v) is 13.3. The number of hydrogen-bond donors (Lipinski definition) is 1. The van der Waals surface area contributed by atoms with E-state index in [1.807, 2.05) is 68.4 Å². The molecule has 0 amide bonds. The van der Waals surface area contributed by atoms with Gasteiger partial charge in [0.15, 0.2) is 17.3 Å². The molecule has 0 saturated heterocycles. The van der Waals surface area contributed by atoms with Crippen LogP contribution >= 0.6 is 0 Å². The SMILES string of the molecule is CCOc1cc([C@H]2C(C(=O)OC)=C(C)NC3=C2C(=O)c2ccccc23)ccc1OCc1ccc2ccccc2c1. The summed E-state index contributed by atoms with van der Waals surface area (Å²) in [5.41, 5.74) is 5.53. The van der Waals surface area contributed by atoms with Gasteiger partial charge in [0.1, 0.15) is 6.61 Å². The Kier molecular flexibility index (Phi) is 6.60. The summed E-state index contributed by atoms with van der Waals surface area (Å²) in [5.74, 6) is -0.0848. The van der Waals surface area contributed by atoms with Gasteiger partial charge < -0.3 is 19.5 Å². The fourth-order valence-corrected chi connectivity index (χ4v) is 5.62. The third kappa shape index (κ3) is 4.31. The summed E-state index contributed by atoms with van der Waals surface area (Å²) < 4.78 is 17.4. The number of fused-ring (bicyclic) bond motifs is 3. The molecule has 2 aliphatic rings. The Balaban J connectivity index is 1.38. The number of benzene rings is 4. The number of carbonyl (C=O) groups is 2. The van der Waals surface area contributed by atoms with Gasteiger partial charge in [0, 0.05) is 28.3 Å². The third-order valence-corrected chi connectivity index (χ3v) is 7.46. The fourth-order valence-electron chi connectivity index (χ4n) is 5.62. The van der Waals surface area contributed by atoms with Gasteiger partial charge in [-0.15, -0.1) is 0 Å². The van der Waals surface area contributed by atoms with Gasteiger partial charge in [-0.1, -0.05) is 66.7 Å². The minimum absolute atomic E-state index is 0.105. The highest BCUT2D eigenvalue weighted by atomic mass is 16.5. The zero-order chi connectivity index (χ0) is 27.8. The number of dihydropyridines is 1. The second-order valence-corrected chi connectivity index (χ2v) is 9.86. The minimum Gasteiger partial charge on any atom is -0.490 e. The molecule has 6 nitrogen and oxygen atoms in total. The fraction of sp³-hybridized carbons (Fsp3) is 0.176. The van der Waals surface area contributed by atoms with Crippen LogP contribution in [0.3, 0.4) is 0 Å². The molecule has 200 valence electrons. The van der Waals surface area contributed by atoms with Crippen molar-refractivity contribution in [1.82, 2.24) is 5.32 Å². The van der Waals surface area contributed by atoms with Crippen molar-refractivity contribution >= 4 is 28.2 Å². The molecule has 0 spiro atoms. The molecule has 40 heavy (non-hydrogen) atoms. The first-order chi connectivity index (χ1) is 19.5. The summed E-state index contributed by atoms with van der Waals surface area (Å²) in [5, 5.41) is 5.64. The lowest BCUT2D eigenvalue weighted by Crippen LogP contribution is -2.29. The van der Waals surface area contributed by atoms with Crippen LogP contribution in [0.15, 0.2) is 102 Å². The van der Waals surface area contributed by atoms with Crippen molar-refractivity contribution in [2.45, 2.75) is 26.4 Å². The molecule has 0 aromatic heterocycles. The predicted molar refractivity (Wildman–Crippen MR) is 154 cm³/mol. The minimum atomic E-state index is -0.627. The molecular weight excluding hydrogens is 502 g/mol. The number of nitrogens with one attached hydrogen (secondary N) is 1. The Bertz CT molecular complexity index is 1730. The van der Waals surface area contributed by atoms with Crippen LogP contribution in [0.25, 0.3) is 16.5 Å². The molecule has 0 radical (unpaired) electrons. The molecule has 1 aliphatic heterocycles. The van der Waals surface area contributed by atoms with Crippen molar-refractivity contribution in [3.63, 3.8) is 0 Å². The molecule has 1 heterocycles. The summed E-state index contributed by atoms with van der Waals surface area (Å²) in [6.07, 6.45) is 0. The van der Waals surface area contributed by atoms with E-state index in [1.165, 1.54) is 12.5 Å². The number of ketones is 1. The van der Waals surface area contributed by atoms with Crippen LogP contribution in [0.1, 0.15) is 46.8 Å². The lowest BCUT2D eigenvalue weighted by Gasteiger charge is -2.29. The molecule has 0 bridgehead atoms. The van der Waals surface area contributed by atoms with Crippen LogP contribution in [0.2, 0.25) is 0 Å². The van der Waals surface area contributed by atoms with Gasteiger partial charge in [-0.2, -0.15) is 0 Å². The Morgan fingerprint density at radius 1 is 0.850 bits per heavy atom. The van der Waals surface area contributed by atoms with Gasteiger partial charge in [0.25, 0.3) is 0 Å². The monoisotopic (exact) mass is 531 g/mol. The van der Waals surface area contributed by atoms with Gasteiger partial charge in [0.2, 0.25) is 0 Å². The number of esters is 1. The Morgan fingerprint density at radius 2 is 1.60 bits per heavy atom. The molecule has 0 fully saturated rings. The first kappa shape index (κ1) is 25.4. The van der Waals surface area contributed by atoms with Gasteiger partial charge in [-0.3, -0.25) is 4.79 Å². The van der Waals surface area contributed by atoms with Crippen LogP contribution in [0, 0.1) is 0 Å². The van der Waals surface area contributed by atoms with E-state index in [0.29, 0.717) is 47.1 Å². The molecule has 1 atom stereocenters. The number of allylic oxidation sites excluding steroid dienone is 2. The van der Waals surface area contributed by atoms with E-state index in [-0.39, 0.29) is 5.78 Å². The predicted octanol–water partition coefficient (Wildman–Crippen LogP) is 6.56. The maximum absolute atomic E-state index is 13.7. The molecule has 1 N–H and O–H groups in total. The van der Waals surface area contributed by atoms with Crippen molar-refractivity contribution in [2.75, 3.05) is 13.7 Å². The van der Waals surface area contributed by atoms with Crippen LogP contribution in [-0.4, -0.2) is 25.5 Å². The topological polar surface area (TPSA) is 73.9 Å². The largest absolute Gasteiger partial charge is 0.490 e. The molecule has 6 rings (SSSR count). The van der Waals surface area contributed by atoms with Crippen LogP contribution in [0.5, 0.6) is 11.5 Å². The molecular formula is C34H29NO5. The van der Waals surface area contributed by atoms with Crippen molar-refractivity contribution < 1.29 is 23.8 Å². The van der Waals surface area contributed by atoms with E-state index in [9.17, 15) is 9.59 Å². The van der Waals surface area contributed by atoms with Crippen LogP contribution in [0.4, 0.5) is 0 Å². The average molecular weight is 532 g/mol. The van der Waals surface area contributed by atoms with E-state index < -0.39 is 11.9 Å². The smallest absolute Gasteiger partial charge is 0.336 e. The Hall–Kier alpha value is -4.84. The van der Waals surface area contributed by atoms with E-state index in [0.717, 1.165) is 27.8 Å². The number of Topliss-reactive ketones (excluding diaryl/α,β-unsaturated/α-hetero) is 1.